The van der Waals surface area contributed by atoms with E-state index in [2.05, 4.69) is 37.2 Å². The highest BCUT2D eigenvalue weighted by atomic mass is 79.9. The highest BCUT2D eigenvalue weighted by Crippen LogP contribution is 2.32. The van der Waals surface area contributed by atoms with Crippen LogP contribution in [0.4, 0.5) is 0 Å². The van der Waals surface area contributed by atoms with Crippen molar-refractivity contribution < 1.29 is 13.2 Å². The molecule has 0 aliphatic heterocycles. The van der Waals surface area contributed by atoms with E-state index in [0.717, 1.165) is 20.1 Å². The Morgan fingerprint density at radius 2 is 1.86 bits per heavy atom. The molecule has 112 valence electrons. The van der Waals surface area contributed by atoms with Crippen LogP contribution in [0.25, 0.3) is 0 Å². The number of carbonyl (C=O) groups excluding carboxylic acids is 1. The van der Waals surface area contributed by atoms with Gasteiger partial charge in [-0.3, -0.25) is 4.79 Å². The zero-order chi connectivity index (χ0) is 15.6. The van der Waals surface area contributed by atoms with Crippen LogP contribution < -0.4 is 5.32 Å². The summed E-state index contributed by atoms with van der Waals surface area (Å²) in [6, 6.07) is 8.20. The largest absolute Gasteiger partial charge is 0.347 e. The monoisotopic (exact) mass is 451 g/mol. The van der Waals surface area contributed by atoms with Crippen LogP contribution in [0.5, 0.6) is 0 Å². The molecule has 1 heterocycles. The van der Waals surface area contributed by atoms with Gasteiger partial charge in [0.1, 0.15) is 0 Å². The van der Waals surface area contributed by atoms with Gasteiger partial charge in [-0.25, -0.2) is 8.42 Å². The van der Waals surface area contributed by atoms with Gasteiger partial charge in [0.25, 0.3) is 5.91 Å². The van der Waals surface area contributed by atoms with Gasteiger partial charge in [0, 0.05) is 17.3 Å². The van der Waals surface area contributed by atoms with Crippen molar-refractivity contribution >= 4 is 58.9 Å². The van der Waals surface area contributed by atoms with Crippen LogP contribution in [0.2, 0.25) is 0 Å². The molecular weight excluding hydrogens is 442 g/mol. The number of benzene rings is 1. The first-order chi connectivity index (χ1) is 9.77. The van der Waals surface area contributed by atoms with Gasteiger partial charge in [-0.1, -0.05) is 12.1 Å². The van der Waals surface area contributed by atoms with Crippen molar-refractivity contribution in [3.05, 3.63) is 49.0 Å². The molecule has 2 aromatic rings. The number of thiophene rings is 1. The first-order valence-corrected chi connectivity index (χ1v) is 10.1. The van der Waals surface area contributed by atoms with Crippen LogP contribution in [-0.4, -0.2) is 20.6 Å². The summed E-state index contributed by atoms with van der Waals surface area (Å²) in [4.78, 5) is 12.8. The summed E-state index contributed by atoms with van der Waals surface area (Å²) in [6.45, 7) is 0.343. The van der Waals surface area contributed by atoms with Crippen molar-refractivity contribution in [2.45, 2.75) is 11.4 Å². The van der Waals surface area contributed by atoms with E-state index in [1.54, 1.807) is 18.2 Å². The summed E-state index contributed by atoms with van der Waals surface area (Å²) in [5.74, 6) is -0.168. The zero-order valence-electron chi connectivity index (χ0n) is 10.9. The standard InChI is InChI=1S/C13H11Br2NO3S2/c1-21(18,19)9-4-2-8(3-5-9)7-16-13(17)11-6-10(14)12(15)20-11/h2-6H,7H2,1H3,(H,16,17). The fraction of sp³-hybridized carbons (Fsp3) is 0.154. The van der Waals surface area contributed by atoms with E-state index in [0.29, 0.717) is 11.4 Å². The van der Waals surface area contributed by atoms with E-state index in [9.17, 15) is 13.2 Å². The van der Waals surface area contributed by atoms with Crippen molar-refractivity contribution in [3.63, 3.8) is 0 Å². The van der Waals surface area contributed by atoms with E-state index in [-0.39, 0.29) is 10.8 Å². The summed E-state index contributed by atoms with van der Waals surface area (Å²) < 4.78 is 24.4. The molecule has 0 fully saturated rings. The van der Waals surface area contributed by atoms with Crippen LogP contribution in [-0.2, 0) is 16.4 Å². The Bertz CT molecular complexity index is 748. The smallest absolute Gasteiger partial charge is 0.261 e. The molecule has 8 heteroatoms. The summed E-state index contributed by atoms with van der Waals surface area (Å²) in [7, 11) is -3.19. The average Bonchev–Trinajstić information content (AvgIpc) is 2.75. The number of sulfone groups is 1. The molecule has 1 aromatic heterocycles. The minimum absolute atomic E-state index is 0.168. The Labute approximate surface area is 143 Å². The molecule has 0 spiro atoms. The third-order valence-corrected chi connectivity index (χ3v) is 7.06. The van der Waals surface area contributed by atoms with Crippen LogP contribution >= 0.6 is 43.2 Å². The molecule has 0 saturated heterocycles. The van der Waals surface area contributed by atoms with E-state index in [4.69, 9.17) is 0 Å². The van der Waals surface area contributed by atoms with E-state index >= 15 is 0 Å². The van der Waals surface area contributed by atoms with Gasteiger partial charge in [0.15, 0.2) is 9.84 Å². The normalized spacial score (nSPS) is 11.4. The molecule has 1 amide bonds. The quantitative estimate of drug-likeness (QED) is 0.770. The van der Waals surface area contributed by atoms with Gasteiger partial charge >= 0.3 is 0 Å². The molecule has 21 heavy (non-hydrogen) atoms. The van der Waals surface area contributed by atoms with Crippen LogP contribution in [0.1, 0.15) is 15.2 Å². The minimum Gasteiger partial charge on any atom is -0.347 e. The van der Waals surface area contributed by atoms with Gasteiger partial charge in [-0.2, -0.15) is 0 Å². The van der Waals surface area contributed by atoms with Crippen molar-refractivity contribution in [3.8, 4) is 0 Å². The van der Waals surface area contributed by atoms with E-state index < -0.39 is 9.84 Å². The van der Waals surface area contributed by atoms with Gasteiger partial charge in [-0.05, 0) is 55.6 Å². The lowest BCUT2D eigenvalue weighted by molar-refractivity contribution is 0.0955. The topological polar surface area (TPSA) is 63.2 Å². The molecule has 0 unspecified atom stereocenters. The number of rotatable bonds is 4. The Balaban J connectivity index is 2.01. The maximum atomic E-state index is 12.0. The third kappa shape index (κ3) is 4.38. The Hall–Kier alpha value is -0.700. The second kappa shape index (κ2) is 6.60. The number of carbonyl (C=O) groups is 1. The van der Waals surface area contributed by atoms with Gasteiger partial charge in [0.05, 0.1) is 13.6 Å². The molecular formula is C13H11Br2NO3S2. The van der Waals surface area contributed by atoms with Crippen LogP contribution in [0, 0.1) is 0 Å². The predicted octanol–water partition coefficient (Wildman–Crippen LogP) is 3.61. The lowest BCUT2D eigenvalue weighted by Crippen LogP contribution is -2.21. The molecule has 0 saturated carbocycles. The number of hydrogen-bond donors (Lipinski definition) is 1. The van der Waals surface area contributed by atoms with Crippen molar-refractivity contribution in [2.75, 3.05) is 6.26 Å². The zero-order valence-corrected chi connectivity index (χ0v) is 15.7. The average molecular weight is 453 g/mol. The maximum Gasteiger partial charge on any atom is 0.261 e. The lowest BCUT2D eigenvalue weighted by Gasteiger charge is -2.05. The molecule has 0 bridgehead atoms. The highest BCUT2D eigenvalue weighted by Gasteiger charge is 2.12. The summed E-state index contributed by atoms with van der Waals surface area (Å²) in [5.41, 5.74) is 0.838. The summed E-state index contributed by atoms with van der Waals surface area (Å²) >= 11 is 8.02. The Morgan fingerprint density at radius 3 is 2.33 bits per heavy atom. The lowest BCUT2D eigenvalue weighted by atomic mass is 10.2. The van der Waals surface area contributed by atoms with Crippen LogP contribution in [0.3, 0.4) is 0 Å². The minimum atomic E-state index is -3.19. The van der Waals surface area contributed by atoms with Crippen molar-refractivity contribution in [1.82, 2.24) is 5.32 Å². The SMILES string of the molecule is CS(=O)(=O)c1ccc(CNC(=O)c2cc(Br)c(Br)s2)cc1. The number of nitrogens with one attached hydrogen (secondary N) is 1. The Kier molecular flexibility index (Phi) is 5.24. The fourth-order valence-corrected chi connectivity index (χ4v) is 4.16. The summed E-state index contributed by atoms with van der Waals surface area (Å²) in [6.07, 6.45) is 1.16. The van der Waals surface area contributed by atoms with E-state index in [1.807, 2.05) is 0 Å². The molecule has 1 aromatic carbocycles. The highest BCUT2D eigenvalue weighted by molar-refractivity contribution is 9.13. The van der Waals surface area contributed by atoms with Gasteiger partial charge in [-0.15, -0.1) is 11.3 Å². The molecule has 0 atom stereocenters. The van der Waals surface area contributed by atoms with Gasteiger partial charge in [0.2, 0.25) is 0 Å². The fourth-order valence-electron chi connectivity index (χ4n) is 1.58. The molecule has 0 aliphatic rings. The van der Waals surface area contributed by atoms with E-state index in [1.165, 1.54) is 23.5 Å². The van der Waals surface area contributed by atoms with Gasteiger partial charge < -0.3 is 5.32 Å². The molecule has 2 rings (SSSR count). The number of amides is 1. The second-order valence-corrected chi connectivity index (χ2v) is 9.57. The third-order valence-electron chi connectivity index (χ3n) is 2.67. The molecule has 1 N–H and O–H groups in total. The first-order valence-electron chi connectivity index (χ1n) is 5.79. The maximum absolute atomic E-state index is 12.0. The van der Waals surface area contributed by atoms with Crippen LogP contribution in [0.15, 0.2) is 43.5 Å². The van der Waals surface area contributed by atoms with Crippen molar-refractivity contribution in [1.29, 1.82) is 0 Å². The molecule has 4 nitrogen and oxygen atoms in total. The molecule has 0 radical (unpaired) electrons. The predicted molar refractivity (Wildman–Crippen MR) is 90.4 cm³/mol. The van der Waals surface area contributed by atoms with Crippen molar-refractivity contribution in [2.24, 2.45) is 0 Å². The second-order valence-electron chi connectivity index (χ2n) is 4.33. The summed E-state index contributed by atoms with van der Waals surface area (Å²) in [5, 5.41) is 2.79. The Morgan fingerprint density at radius 1 is 1.24 bits per heavy atom. The number of hydrogen-bond acceptors (Lipinski definition) is 4. The number of halogens is 2. The first kappa shape index (κ1) is 16.7. The molecule has 0 aliphatic carbocycles.